The van der Waals surface area contributed by atoms with Crippen LogP contribution >= 0.6 is 11.6 Å². The second kappa shape index (κ2) is 8.42. The average molecular weight is 388 g/mol. The van der Waals surface area contributed by atoms with Crippen LogP contribution in [0, 0.1) is 0 Å². The minimum atomic E-state index is 0.0479. The van der Waals surface area contributed by atoms with E-state index in [1.54, 1.807) is 0 Å². The van der Waals surface area contributed by atoms with Gasteiger partial charge in [0.2, 0.25) is 5.91 Å². The number of rotatable bonds is 5. The van der Waals surface area contributed by atoms with E-state index in [2.05, 4.69) is 20.5 Å². The Morgan fingerprint density at radius 3 is 2.89 bits per heavy atom. The molecule has 7 heteroatoms. The molecule has 4 rings (SSSR count). The summed E-state index contributed by atoms with van der Waals surface area (Å²) < 4.78 is 0. The molecule has 2 aliphatic rings. The van der Waals surface area contributed by atoms with Crippen LogP contribution in [0.25, 0.3) is 10.9 Å². The van der Waals surface area contributed by atoms with E-state index >= 15 is 0 Å². The maximum absolute atomic E-state index is 12.5. The molecule has 0 saturated carbocycles. The number of carbonyl (C=O) groups excluding carboxylic acids is 1. The zero-order valence-corrected chi connectivity index (χ0v) is 16.2. The van der Waals surface area contributed by atoms with Gasteiger partial charge >= 0.3 is 0 Å². The number of fused-ring (bicyclic) bond motifs is 1. The number of aromatic nitrogens is 1. The highest BCUT2D eigenvalue weighted by Crippen LogP contribution is 2.24. The van der Waals surface area contributed by atoms with Crippen molar-refractivity contribution in [2.45, 2.75) is 18.9 Å². The number of carbonyl (C=O) groups is 1. The van der Waals surface area contributed by atoms with Crippen molar-refractivity contribution in [2.75, 3.05) is 51.1 Å². The Morgan fingerprint density at radius 1 is 1.26 bits per heavy atom. The van der Waals surface area contributed by atoms with Crippen LogP contribution in [-0.2, 0) is 4.79 Å². The van der Waals surface area contributed by atoms with Gasteiger partial charge < -0.3 is 15.5 Å². The van der Waals surface area contributed by atoms with E-state index in [9.17, 15) is 4.79 Å². The molecule has 2 N–H and O–H groups in total. The number of piperazine rings is 1. The predicted octanol–water partition coefficient (Wildman–Crippen LogP) is 2.20. The molecule has 144 valence electrons. The van der Waals surface area contributed by atoms with Crippen molar-refractivity contribution in [1.29, 1.82) is 0 Å². The van der Waals surface area contributed by atoms with Crippen molar-refractivity contribution < 1.29 is 4.79 Å². The molecule has 3 heterocycles. The third-order valence-corrected chi connectivity index (χ3v) is 5.73. The monoisotopic (exact) mass is 387 g/mol. The molecule has 6 nitrogen and oxygen atoms in total. The number of hydrogen-bond acceptors (Lipinski definition) is 5. The molecule has 0 spiro atoms. The van der Waals surface area contributed by atoms with E-state index in [4.69, 9.17) is 11.6 Å². The summed E-state index contributed by atoms with van der Waals surface area (Å²) >= 11 is 6.05. The number of anilines is 1. The first-order valence-electron chi connectivity index (χ1n) is 9.73. The molecule has 0 aliphatic carbocycles. The van der Waals surface area contributed by atoms with Crippen molar-refractivity contribution in [3.05, 3.63) is 35.5 Å². The molecule has 2 fully saturated rings. The van der Waals surface area contributed by atoms with Crippen LogP contribution in [-0.4, -0.2) is 72.5 Å². The van der Waals surface area contributed by atoms with Gasteiger partial charge in [-0.2, -0.15) is 0 Å². The number of pyridine rings is 1. The Morgan fingerprint density at radius 2 is 2.11 bits per heavy atom. The summed E-state index contributed by atoms with van der Waals surface area (Å²) in [6.07, 6.45) is 3.90. The first-order chi connectivity index (χ1) is 13.2. The SMILES string of the molecule is O=C(C1CCCN1)N1CCN(CCNc2ccnc3cc(Cl)ccc23)CC1. The van der Waals surface area contributed by atoms with Crippen molar-refractivity contribution in [3.8, 4) is 0 Å². The maximum atomic E-state index is 12.5. The summed E-state index contributed by atoms with van der Waals surface area (Å²) in [6.45, 7) is 6.32. The van der Waals surface area contributed by atoms with Gasteiger partial charge in [-0.25, -0.2) is 0 Å². The lowest BCUT2D eigenvalue weighted by molar-refractivity contribution is -0.134. The van der Waals surface area contributed by atoms with E-state index in [-0.39, 0.29) is 11.9 Å². The highest BCUT2D eigenvalue weighted by atomic mass is 35.5. The third-order valence-electron chi connectivity index (χ3n) is 5.49. The van der Waals surface area contributed by atoms with Gasteiger partial charge in [-0.05, 0) is 43.7 Å². The van der Waals surface area contributed by atoms with Gasteiger partial charge in [0.15, 0.2) is 0 Å². The fourth-order valence-electron chi connectivity index (χ4n) is 3.93. The largest absolute Gasteiger partial charge is 0.383 e. The van der Waals surface area contributed by atoms with Crippen LogP contribution in [0.2, 0.25) is 5.02 Å². The van der Waals surface area contributed by atoms with Crippen LogP contribution in [0.1, 0.15) is 12.8 Å². The molecule has 27 heavy (non-hydrogen) atoms. The number of amides is 1. The Kier molecular flexibility index (Phi) is 5.76. The Hall–Kier alpha value is -1.89. The number of halogens is 1. The molecule has 0 bridgehead atoms. The minimum Gasteiger partial charge on any atom is -0.383 e. The predicted molar refractivity (Wildman–Crippen MR) is 109 cm³/mol. The molecule has 2 saturated heterocycles. The van der Waals surface area contributed by atoms with E-state index < -0.39 is 0 Å². The molecule has 1 amide bonds. The summed E-state index contributed by atoms with van der Waals surface area (Å²) in [5.41, 5.74) is 1.98. The zero-order valence-electron chi connectivity index (χ0n) is 15.5. The summed E-state index contributed by atoms with van der Waals surface area (Å²) in [5, 5.41) is 8.61. The van der Waals surface area contributed by atoms with Gasteiger partial charge in [-0.15, -0.1) is 0 Å². The highest BCUT2D eigenvalue weighted by molar-refractivity contribution is 6.31. The van der Waals surface area contributed by atoms with Gasteiger partial charge in [0.1, 0.15) is 0 Å². The van der Waals surface area contributed by atoms with Gasteiger partial charge in [0.05, 0.1) is 11.6 Å². The molecular formula is C20H26ClN5O. The Labute approximate surface area is 164 Å². The second-order valence-electron chi connectivity index (χ2n) is 7.26. The summed E-state index contributed by atoms with van der Waals surface area (Å²) in [6, 6.07) is 7.84. The summed E-state index contributed by atoms with van der Waals surface area (Å²) in [5.74, 6) is 0.284. The van der Waals surface area contributed by atoms with Gasteiger partial charge in [-0.1, -0.05) is 11.6 Å². The van der Waals surface area contributed by atoms with Gasteiger partial charge in [-0.3, -0.25) is 14.7 Å². The molecule has 1 atom stereocenters. The molecule has 0 radical (unpaired) electrons. The van der Waals surface area contributed by atoms with E-state index in [1.165, 1.54) is 0 Å². The smallest absolute Gasteiger partial charge is 0.239 e. The molecule has 2 aromatic rings. The van der Waals surface area contributed by atoms with Crippen LogP contribution in [0.3, 0.4) is 0 Å². The first kappa shape index (κ1) is 18.5. The van der Waals surface area contributed by atoms with Crippen molar-refractivity contribution >= 4 is 34.1 Å². The fraction of sp³-hybridized carbons (Fsp3) is 0.500. The lowest BCUT2D eigenvalue weighted by atomic mass is 10.2. The number of hydrogen-bond donors (Lipinski definition) is 2. The minimum absolute atomic E-state index is 0.0479. The fourth-order valence-corrected chi connectivity index (χ4v) is 4.10. The van der Waals surface area contributed by atoms with Gasteiger partial charge in [0.25, 0.3) is 0 Å². The zero-order chi connectivity index (χ0) is 18.6. The summed E-state index contributed by atoms with van der Waals surface area (Å²) in [4.78, 5) is 21.3. The van der Waals surface area contributed by atoms with Crippen molar-refractivity contribution in [1.82, 2.24) is 20.1 Å². The normalized spacial score (nSPS) is 20.9. The van der Waals surface area contributed by atoms with E-state index in [0.717, 1.165) is 75.2 Å². The molecule has 1 aromatic heterocycles. The van der Waals surface area contributed by atoms with Crippen molar-refractivity contribution in [3.63, 3.8) is 0 Å². The van der Waals surface area contributed by atoms with E-state index in [0.29, 0.717) is 5.02 Å². The third kappa shape index (κ3) is 4.34. The number of nitrogens with zero attached hydrogens (tertiary/aromatic N) is 3. The standard InChI is InChI=1S/C20H26ClN5O/c21-15-3-4-16-17(5-7-23-19(16)14-15)24-8-9-25-10-12-26(13-11-25)20(27)18-2-1-6-22-18/h3-5,7,14,18,22H,1-2,6,8-13H2,(H,23,24). The maximum Gasteiger partial charge on any atom is 0.239 e. The summed E-state index contributed by atoms with van der Waals surface area (Å²) in [7, 11) is 0. The van der Waals surface area contributed by atoms with Crippen LogP contribution in [0.15, 0.2) is 30.5 Å². The topological polar surface area (TPSA) is 60.5 Å². The Bertz CT molecular complexity index is 800. The van der Waals surface area contributed by atoms with Crippen LogP contribution in [0.4, 0.5) is 5.69 Å². The second-order valence-corrected chi connectivity index (χ2v) is 7.70. The number of benzene rings is 1. The lowest BCUT2D eigenvalue weighted by Crippen LogP contribution is -2.53. The van der Waals surface area contributed by atoms with E-state index in [1.807, 2.05) is 35.4 Å². The van der Waals surface area contributed by atoms with Gasteiger partial charge in [0, 0.05) is 61.6 Å². The molecule has 1 unspecified atom stereocenters. The first-order valence-corrected chi connectivity index (χ1v) is 10.1. The van der Waals surface area contributed by atoms with Crippen molar-refractivity contribution in [2.24, 2.45) is 0 Å². The Balaban J connectivity index is 1.25. The quantitative estimate of drug-likeness (QED) is 0.823. The molecular weight excluding hydrogens is 362 g/mol. The van der Waals surface area contributed by atoms with Crippen LogP contribution < -0.4 is 10.6 Å². The lowest BCUT2D eigenvalue weighted by Gasteiger charge is -2.36. The average Bonchev–Trinajstić information content (AvgIpc) is 3.23. The molecule has 1 aromatic carbocycles. The van der Waals surface area contributed by atoms with Crippen LogP contribution in [0.5, 0.6) is 0 Å². The highest BCUT2D eigenvalue weighted by Gasteiger charge is 2.28. The number of nitrogens with one attached hydrogen (secondary N) is 2. The molecule has 2 aliphatic heterocycles.